The van der Waals surface area contributed by atoms with E-state index in [9.17, 15) is 4.79 Å². The maximum absolute atomic E-state index is 11.5. The van der Waals surface area contributed by atoms with Gasteiger partial charge in [0.05, 0.1) is 6.04 Å². The van der Waals surface area contributed by atoms with Gasteiger partial charge >= 0.3 is 0 Å². The van der Waals surface area contributed by atoms with Crippen LogP contribution in [0.25, 0.3) is 0 Å². The second kappa shape index (κ2) is 3.29. The summed E-state index contributed by atoms with van der Waals surface area (Å²) < 4.78 is 0. The van der Waals surface area contributed by atoms with Crippen molar-refractivity contribution < 1.29 is 4.79 Å². The van der Waals surface area contributed by atoms with Crippen molar-refractivity contribution in [2.24, 2.45) is 5.41 Å². The van der Waals surface area contributed by atoms with Crippen molar-refractivity contribution >= 4 is 5.91 Å². The highest BCUT2D eigenvalue weighted by Crippen LogP contribution is 2.51. The maximum Gasteiger partial charge on any atom is 0.237 e. The summed E-state index contributed by atoms with van der Waals surface area (Å²) in [4.78, 5) is 11.5. The Bertz CT molecular complexity index is 211. The molecule has 3 heteroatoms. The second-order valence-electron chi connectivity index (χ2n) is 4.43. The molecule has 0 aromatic heterocycles. The standard InChI is InChI=1S/C10H18N2O/c1-2-5-11-9(13)8-6-10(3-4-10)7-12-8/h8,12H,2-7H2,1H3,(H,11,13). The van der Waals surface area contributed by atoms with Crippen molar-refractivity contribution in [2.75, 3.05) is 13.1 Å². The molecule has 1 atom stereocenters. The molecule has 0 bridgehead atoms. The first kappa shape index (κ1) is 9.00. The Morgan fingerprint density at radius 3 is 2.92 bits per heavy atom. The van der Waals surface area contributed by atoms with Crippen LogP contribution in [0, 0.1) is 5.41 Å². The van der Waals surface area contributed by atoms with Crippen molar-refractivity contribution in [1.82, 2.24) is 10.6 Å². The molecule has 1 saturated carbocycles. The predicted molar refractivity (Wildman–Crippen MR) is 51.4 cm³/mol. The lowest BCUT2D eigenvalue weighted by Crippen LogP contribution is -2.40. The van der Waals surface area contributed by atoms with Gasteiger partial charge in [-0.05, 0) is 31.1 Å². The zero-order valence-corrected chi connectivity index (χ0v) is 8.23. The molecular formula is C10H18N2O. The van der Waals surface area contributed by atoms with Crippen LogP contribution in [0.1, 0.15) is 32.6 Å². The molecule has 0 aromatic rings. The SMILES string of the molecule is CCCNC(=O)C1CC2(CC2)CN1. The van der Waals surface area contributed by atoms with Crippen LogP contribution >= 0.6 is 0 Å². The number of hydrogen-bond donors (Lipinski definition) is 2. The Kier molecular flexibility index (Phi) is 2.28. The lowest BCUT2D eigenvalue weighted by molar-refractivity contribution is -0.122. The molecule has 0 radical (unpaired) electrons. The average molecular weight is 182 g/mol. The Morgan fingerprint density at radius 1 is 1.62 bits per heavy atom. The van der Waals surface area contributed by atoms with E-state index in [4.69, 9.17) is 0 Å². The molecule has 1 aliphatic heterocycles. The van der Waals surface area contributed by atoms with E-state index in [1.165, 1.54) is 12.8 Å². The smallest absolute Gasteiger partial charge is 0.237 e. The zero-order chi connectivity index (χ0) is 9.31. The molecule has 0 aromatic carbocycles. The third-order valence-corrected chi connectivity index (χ3v) is 3.18. The molecule has 2 rings (SSSR count). The quantitative estimate of drug-likeness (QED) is 0.673. The number of carbonyl (C=O) groups is 1. The molecule has 2 fully saturated rings. The van der Waals surface area contributed by atoms with Gasteiger partial charge in [0.15, 0.2) is 0 Å². The van der Waals surface area contributed by atoms with Crippen molar-refractivity contribution in [3.05, 3.63) is 0 Å². The normalized spacial score (nSPS) is 29.2. The van der Waals surface area contributed by atoms with Gasteiger partial charge < -0.3 is 10.6 Å². The Balaban J connectivity index is 1.78. The lowest BCUT2D eigenvalue weighted by Gasteiger charge is -2.10. The van der Waals surface area contributed by atoms with Gasteiger partial charge in [0, 0.05) is 13.1 Å². The molecule has 1 amide bonds. The van der Waals surface area contributed by atoms with E-state index < -0.39 is 0 Å². The van der Waals surface area contributed by atoms with Gasteiger partial charge in [0.2, 0.25) is 5.91 Å². The minimum atomic E-state index is 0.0917. The van der Waals surface area contributed by atoms with Crippen molar-refractivity contribution in [3.8, 4) is 0 Å². The Morgan fingerprint density at radius 2 is 2.38 bits per heavy atom. The van der Waals surface area contributed by atoms with Gasteiger partial charge in [0.1, 0.15) is 0 Å². The third-order valence-electron chi connectivity index (χ3n) is 3.18. The van der Waals surface area contributed by atoms with Crippen LogP contribution in [0.2, 0.25) is 0 Å². The van der Waals surface area contributed by atoms with Gasteiger partial charge in [-0.15, -0.1) is 0 Å². The molecule has 1 spiro atoms. The molecule has 2 aliphatic rings. The minimum Gasteiger partial charge on any atom is -0.355 e. The van der Waals surface area contributed by atoms with Gasteiger partial charge in [-0.25, -0.2) is 0 Å². The fourth-order valence-electron chi connectivity index (χ4n) is 2.03. The number of carbonyl (C=O) groups excluding carboxylic acids is 1. The molecule has 2 N–H and O–H groups in total. The fraction of sp³-hybridized carbons (Fsp3) is 0.900. The van der Waals surface area contributed by atoms with Gasteiger partial charge in [0.25, 0.3) is 0 Å². The molecule has 3 nitrogen and oxygen atoms in total. The number of nitrogens with one attached hydrogen (secondary N) is 2. The largest absolute Gasteiger partial charge is 0.355 e. The van der Waals surface area contributed by atoms with Crippen LogP contribution in [0.4, 0.5) is 0 Å². The van der Waals surface area contributed by atoms with Crippen molar-refractivity contribution in [2.45, 2.75) is 38.6 Å². The summed E-state index contributed by atoms with van der Waals surface area (Å²) in [6.07, 6.45) is 4.71. The summed E-state index contributed by atoms with van der Waals surface area (Å²) in [7, 11) is 0. The summed E-state index contributed by atoms with van der Waals surface area (Å²) in [5.41, 5.74) is 0.522. The average Bonchev–Trinajstić information content (AvgIpc) is 2.73. The summed E-state index contributed by atoms with van der Waals surface area (Å²) in [6.45, 7) is 3.94. The lowest BCUT2D eigenvalue weighted by atomic mass is 10.0. The van der Waals surface area contributed by atoms with E-state index >= 15 is 0 Å². The first-order valence-electron chi connectivity index (χ1n) is 5.27. The van der Waals surface area contributed by atoms with Gasteiger partial charge in [-0.3, -0.25) is 4.79 Å². The first-order valence-corrected chi connectivity index (χ1v) is 5.27. The van der Waals surface area contributed by atoms with Crippen molar-refractivity contribution in [3.63, 3.8) is 0 Å². The molecule has 1 saturated heterocycles. The zero-order valence-electron chi connectivity index (χ0n) is 8.23. The Labute approximate surface area is 79.3 Å². The predicted octanol–water partition coefficient (Wildman–Crippen LogP) is 0.655. The summed E-state index contributed by atoms with van der Waals surface area (Å²) in [5, 5.41) is 6.24. The molecule has 1 aliphatic carbocycles. The van der Waals surface area contributed by atoms with E-state index in [2.05, 4.69) is 17.6 Å². The first-order chi connectivity index (χ1) is 6.26. The van der Waals surface area contributed by atoms with Crippen LogP contribution in [-0.4, -0.2) is 25.0 Å². The molecular weight excluding hydrogens is 164 g/mol. The Hall–Kier alpha value is -0.570. The highest BCUT2D eigenvalue weighted by atomic mass is 16.2. The monoisotopic (exact) mass is 182 g/mol. The van der Waals surface area contributed by atoms with Crippen LogP contribution in [0.3, 0.4) is 0 Å². The van der Waals surface area contributed by atoms with Crippen LogP contribution in [-0.2, 0) is 4.79 Å². The molecule has 13 heavy (non-hydrogen) atoms. The second-order valence-corrected chi connectivity index (χ2v) is 4.43. The van der Waals surface area contributed by atoms with Crippen molar-refractivity contribution in [1.29, 1.82) is 0 Å². The summed E-state index contributed by atoms with van der Waals surface area (Å²) in [5.74, 6) is 0.200. The minimum absolute atomic E-state index is 0.0917. The summed E-state index contributed by atoms with van der Waals surface area (Å²) in [6, 6.07) is 0.0917. The van der Waals surface area contributed by atoms with Crippen LogP contribution in [0.5, 0.6) is 0 Å². The molecule has 74 valence electrons. The van der Waals surface area contributed by atoms with Crippen LogP contribution in [0.15, 0.2) is 0 Å². The van der Waals surface area contributed by atoms with E-state index in [-0.39, 0.29) is 11.9 Å². The van der Waals surface area contributed by atoms with E-state index in [0.29, 0.717) is 5.41 Å². The number of amides is 1. The highest BCUT2D eigenvalue weighted by Gasteiger charge is 2.49. The van der Waals surface area contributed by atoms with E-state index in [1.54, 1.807) is 0 Å². The van der Waals surface area contributed by atoms with E-state index in [0.717, 1.165) is 25.9 Å². The molecule has 1 heterocycles. The van der Waals surface area contributed by atoms with Gasteiger partial charge in [-0.1, -0.05) is 6.92 Å². The maximum atomic E-state index is 11.5. The highest BCUT2D eigenvalue weighted by molar-refractivity contribution is 5.82. The topological polar surface area (TPSA) is 41.1 Å². The fourth-order valence-corrected chi connectivity index (χ4v) is 2.03. The number of hydrogen-bond acceptors (Lipinski definition) is 2. The van der Waals surface area contributed by atoms with E-state index in [1.807, 2.05) is 0 Å². The van der Waals surface area contributed by atoms with Crippen LogP contribution < -0.4 is 10.6 Å². The number of rotatable bonds is 3. The third kappa shape index (κ3) is 1.85. The van der Waals surface area contributed by atoms with Gasteiger partial charge in [-0.2, -0.15) is 0 Å². The molecule has 1 unspecified atom stereocenters. The summed E-state index contributed by atoms with van der Waals surface area (Å²) >= 11 is 0.